The molecule has 28 heavy (non-hydrogen) atoms. The Morgan fingerprint density at radius 3 is 2.29 bits per heavy atom. The maximum absolute atomic E-state index is 12.6. The van der Waals surface area contributed by atoms with E-state index in [1.54, 1.807) is 19.2 Å². The summed E-state index contributed by atoms with van der Waals surface area (Å²) in [7, 11) is 1.70. The lowest BCUT2D eigenvalue weighted by Gasteiger charge is -2.33. The van der Waals surface area contributed by atoms with Gasteiger partial charge in [-0.3, -0.25) is 9.59 Å². The third kappa shape index (κ3) is 5.44. The second-order valence-electron chi connectivity index (χ2n) is 7.88. The monoisotopic (exact) mass is 378 g/mol. The van der Waals surface area contributed by atoms with Gasteiger partial charge in [-0.1, -0.05) is 48.0 Å². The summed E-state index contributed by atoms with van der Waals surface area (Å²) in [5.74, 6) is 0.611. The fraction of sp³-hybridized carbons (Fsp3) is 0.417. The van der Waals surface area contributed by atoms with Crippen LogP contribution in [0.15, 0.2) is 54.6 Å². The number of amides is 2. The molecule has 2 aromatic rings. The molecule has 3 rings (SSSR count). The van der Waals surface area contributed by atoms with Crippen LogP contribution in [0.25, 0.3) is 0 Å². The van der Waals surface area contributed by atoms with Crippen molar-refractivity contribution >= 4 is 11.8 Å². The average Bonchev–Trinajstić information content (AvgIpc) is 2.73. The molecule has 0 spiro atoms. The Morgan fingerprint density at radius 2 is 1.64 bits per heavy atom. The summed E-state index contributed by atoms with van der Waals surface area (Å²) in [6.07, 6.45) is 4.38. The van der Waals surface area contributed by atoms with E-state index in [-0.39, 0.29) is 18.4 Å². The van der Waals surface area contributed by atoms with Crippen LogP contribution in [0.3, 0.4) is 0 Å². The molecule has 0 bridgehead atoms. The number of nitrogens with zero attached hydrogens (tertiary/aromatic N) is 2. The van der Waals surface area contributed by atoms with Gasteiger partial charge in [0.05, 0.1) is 6.54 Å². The van der Waals surface area contributed by atoms with Gasteiger partial charge < -0.3 is 9.80 Å². The van der Waals surface area contributed by atoms with Gasteiger partial charge in [-0.25, -0.2) is 0 Å². The van der Waals surface area contributed by atoms with Crippen molar-refractivity contribution in [3.8, 4) is 0 Å². The summed E-state index contributed by atoms with van der Waals surface area (Å²) in [4.78, 5) is 28.4. The Labute approximate surface area is 168 Å². The molecule has 0 aromatic heterocycles. The predicted molar refractivity (Wildman–Crippen MR) is 112 cm³/mol. The molecule has 4 nitrogen and oxygen atoms in total. The minimum absolute atomic E-state index is 0.0452. The molecule has 4 heteroatoms. The van der Waals surface area contributed by atoms with E-state index < -0.39 is 0 Å². The maximum atomic E-state index is 12.6. The molecule has 0 N–H and O–H groups in total. The van der Waals surface area contributed by atoms with E-state index in [1.807, 2.05) is 23.1 Å². The standard InChI is InChI=1S/C24H30N2O2/c1-19-8-10-20(11-9-19)12-13-21-14-16-26(17-15-21)23(27)18-25(2)24(28)22-6-4-3-5-7-22/h3-11,21H,12-18H2,1-2H3. The number of carbonyl (C=O) groups is 2. The molecule has 1 heterocycles. The van der Waals surface area contributed by atoms with E-state index in [1.165, 1.54) is 22.4 Å². The van der Waals surface area contributed by atoms with Gasteiger partial charge in [0, 0.05) is 25.7 Å². The van der Waals surface area contributed by atoms with Crippen LogP contribution in [-0.2, 0) is 11.2 Å². The molecule has 1 aliphatic rings. The smallest absolute Gasteiger partial charge is 0.254 e. The Balaban J connectivity index is 1.42. The highest BCUT2D eigenvalue weighted by atomic mass is 16.2. The Hall–Kier alpha value is -2.62. The number of benzene rings is 2. The van der Waals surface area contributed by atoms with Crippen molar-refractivity contribution in [2.45, 2.75) is 32.6 Å². The SMILES string of the molecule is Cc1ccc(CCC2CCN(C(=O)CN(C)C(=O)c3ccccc3)CC2)cc1. The summed E-state index contributed by atoms with van der Waals surface area (Å²) >= 11 is 0. The number of piperidine rings is 1. The van der Waals surface area contributed by atoms with E-state index in [9.17, 15) is 9.59 Å². The van der Waals surface area contributed by atoms with Crippen LogP contribution in [0.1, 0.15) is 40.7 Å². The lowest BCUT2D eigenvalue weighted by atomic mass is 9.90. The van der Waals surface area contributed by atoms with Crippen molar-refractivity contribution < 1.29 is 9.59 Å². The highest BCUT2D eigenvalue weighted by Gasteiger charge is 2.24. The Bertz CT molecular complexity index is 778. The van der Waals surface area contributed by atoms with E-state index in [0.29, 0.717) is 11.5 Å². The zero-order chi connectivity index (χ0) is 19.9. The number of rotatable bonds is 6. The third-order valence-electron chi connectivity index (χ3n) is 5.67. The number of hydrogen-bond acceptors (Lipinski definition) is 2. The molecule has 1 saturated heterocycles. The van der Waals surface area contributed by atoms with Crippen LogP contribution in [-0.4, -0.2) is 48.3 Å². The predicted octanol–water partition coefficient (Wildman–Crippen LogP) is 3.94. The summed E-state index contributed by atoms with van der Waals surface area (Å²) in [6, 6.07) is 17.9. The first-order chi connectivity index (χ1) is 13.5. The summed E-state index contributed by atoms with van der Waals surface area (Å²) in [5, 5.41) is 0. The zero-order valence-corrected chi connectivity index (χ0v) is 16.9. The van der Waals surface area contributed by atoms with E-state index in [0.717, 1.165) is 32.4 Å². The number of likely N-dealkylation sites (N-methyl/N-ethyl adjacent to an activating group) is 1. The normalized spacial score (nSPS) is 14.7. The lowest BCUT2D eigenvalue weighted by Crippen LogP contribution is -2.44. The zero-order valence-electron chi connectivity index (χ0n) is 16.9. The quantitative estimate of drug-likeness (QED) is 0.764. The number of aryl methyl sites for hydroxylation is 2. The van der Waals surface area contributed by atoms with Crippen molar-refractivity contribution in [2.24, 2.45) is 5.92 Å². The molecule has 2 aromatic carbocycles. The number of hydrogen-bond donors (Lipinski definition) is 0. The van der Waals surface area contributed by atoms with Gasteiger partial charge in [-0.2, -0.15) is 0 Å². The highest BCUT2D eigenvalue weighted by molar-refractivity contribution is 5.96. The van der Waals surface area contributed by atoms with Crippen molar-refractivity contribution in [1.82, 2.24) is 9.80 Å². The van der Waals surface area contributed by atoms with E-state index in [2.05, 4.69) is 31.2 Å². The highest BCUT2D eigenvalue weighted by Crippen LogP contribution is 2.23. The van der Waals surface area contributed by atoms with Crippen LogP contribution in [0.4, 0.5) is 0 Å². The molecule has 0 radical (unpaired) electrons. The molecular weight excluding hydrogens is 348 g/mol. The largest absolute Gasteiger partial charge is 0.341 e. The van der Waals surface area contributed by atoms with Crippen molar-refractivity contribution in [2.75, 3.05) is 26.7 Å². The van der Waals surface area contributed by atoms with E-state index >= 15 is 0 Å². The van der Waals surface area contributed by atoms with Crippen LogP contribution in [0, 0.1) is 12.8 Å². The van der Waals surface area contributed by atoms with Gasteiger partial charge in [0.25, 0.3) is 5.91 Å². The van der Waals surface area contributed by atoms with Crippen LogP contribution >= 0.6 is 0 Å². The molecule has 2 amide bonds. The molecular formula is C24H30N2O2. The van der Waals surface area contributed by atoms with Crippen LogP contribution in [0.5, 0.6) is 0 Å². The van der Waals surface area contributed by atoms with Crippen molar-refractivity contribution in [3.63, 3.8) is 0 Å². The van der Waals surface area contributed by atoms with Crippen LogP contribution in [0.2, 0.25) is 0 Å². The van der Waals surface area contributed by atoms with Gasteiger partial charge >= 0.3 is 0 Å². The Kier molecular flexibility index (Phi) is 6.85. The molecule has 1 fully saturated rings. The van der Waals surface area contributed by atoms with Gasteiger partial charge in [0.15, 0.2) is 0 Å². The maximum Gasteiger partial charge on any atom is 0.254 e. The number of likely N-dealkylation sites (tertiary alicyclic amines) is 1. The average molecular weight is 379 g/mol. The molecule has 148 valence electrons. The Morgan fingerprint density at radius 1 is 1.00 bits per heavy atom. The second-order valence-corrected chi connectivity index (χ2v) is 7.88. The topological polar surface area (TPSA) is 40.6 Å². The first kappa shape index (κ1) is 20.1. The first-order valence-electron chi connectivity index (χ1n) is 10.2. The van der Waals surface area contributed by atoms with Crippen molar-refractivity contribution in [3.05, 3.63) is 71.3 Å². The molecule has 1 aliphatic heterocycles. The minimum atomic E-state index is -0.109. The lowest BCUT2D eigenvalue weighted by molar-refractivity contribution is -0.133. The third-order valence-corrected chi connectivity index (χ3v) is 5.67. The van der Waals surface area contributed by atoms with Gasteiger partial charge in [0.1, 0.15) is 0 Å². The van der Waals surface area contributed by atoms with E-state index in [4.69, 9.17) is 0 Å². The second kappa shape index (κ2) is 9.54. The van der Waals surface area contributed by atoms with Crippen LogP contribution < -0.4 is 0 Å². The summed E-state index contributed by atoms with van der Waals surface area (Å²) < 4.78 is 0. The fourth-order valence-corrected chi connectivity index (χ4v) is 3.77. The molecule has 0 saturated carbocycles. The van der Waals surface area contributed by atoms with Crippen molar-refractivity contribution in [1.29, 1.82) is 0 Å². The van der Waals surface area contributed by atoms with Gasteiger partial charge in [-0.15, -0.1) is 0 Å². The van der Waals surface area contributed by atoms with Gasteiger partial charge in [-0.05, 0) is 56.2 Å². The molecule has 0 atom stereocenters. The minimum Gasteiger partial charge on any atom is -0.341 e. The van der Waals surface area contributed by atoms with Gasteiger partial charge in [0.2, 0.25) is 5.91 Å². The summed E-state index contributed by atoms with van der Waals surface area (Å²) in [5.41, 5.74) is 3.31. The fourth-order valence-electron chi connectivity index (χ4n) is 3.77. The molecule has 0 unspecified atom stereocenters. The number of carbonyl (C=O) groups excluding carboxylic acids is 2. The molecule has 0 aliphatic carbocycles. The summed E-state index contributed by atoms with van der Waals surface area (Å²) in [6.45, 7) is 3.85. The first-order valence-corrected chi connectivity index (χ1v) is 10.2.